The molecule has 0 fully saturated rings. The van der Waals surface area contributed by atoms with Crippen LogP contribution in [0.2, 0.25) is 0 Å². The van der Waals surface area contributed by atoms with Crippen molar-refractivity contribution in [2.45, 2.75) is 33.1 Å². The van der Waals surface area contributed by atoms with E-state index in [1.165, 1.54) is 24.3 Å². The van der Waals surface area contributed by atoms with Crippen LogP contribution >= 0.6 is 0 Å². The molecule has 27 heavy (non-hydrogen) atoms. The molecule has 0 spiro atoms. The number of allylic oxidation sites excluding steroid dienone is 6. The summed E-state index contributed by atoms with van der Waals surface area (Å²) in [6, 6.07) is 2.33. The summed E-state index contributed by atoms with van der Waals surface area (Å²) in [6.45, 7) is 5.37. The molecular formula is C19H26F4N2O2. The Labute approximate surface area is 157 Å². The van der Waals surface area contributed by atoms with Gasteiger partial charge in [-0.2, -0.15) is 13.2 Å². The average molecular weight is 390 g/mol. The predicted octanol–water partition coefficient (Wildman–Crippen LogP) is 4.53. The summed E-state index contributed by atoms with van der Waals surface area (Å²) in [5, 5.41) is 9.42. The zero-order chi connectivity index (χ0) is 20.9. The van der Waals surface area contributed by atoms with Crippen molar-refractivity contribution in [1.82, 2.24) is 4.98 Å². The fourth-order valence-electron chi connectivity index (χ4n) is 1.89. The molecular weight excluding hydrogens is 364 g/mol. The van der Waals surface area contributed by atoms with E-state index in [-0.39, 0.29) is 24.6 Å². The summed E-state index contributed by atoms with van der Waals surface area (Å²) in [4.78, 5) is 3.91. The number of pyridine rings is 1. The van der Waals surface area contributed by atoms with Gasteiger partial charge in [0.25, 0.3) is 0 Å². The number of hydrogen-bond acceptors (Lipinski definition) is 4. The number of aliphatic hydroxyl groups excluding tert-OH is 1. The fourth-order valence-corrected chi connectivity index (χ4v) is 1.89. The molecule has 4 nitrogen and oxygen atoms in total. The number of rotatable bonds is 8. The summed E-state index contributed by atoms with van der Waals surface area (Å²) in [7, 11) is 0. The molecule has 1 heterocycles. The van der Waals surface area contributed by atoms with Gasteiger partial charge in [-0.1, -0.05) is 44.2 Å². The fraction of sp³-hybridized carbons (Fsp3) is 0.421. The lowest BCUT2D eigenvalue weighted by Crippen LogP contribution is -2.22. The van der Waals surface area contributed by atoms with Crippen LogP contribution in [0.4, 0.5) is 17.6 Å². The van der Waals surface area contributed by atoms with E-state index in [0.29, 0.717) is 5.57 Å². The monoisotopic (exact) mass is 390 g/mol. The van der Waals surface area contributed by atoms with Crippen molar-refractivity contribution in [3.8, 4) is 5.75 Å². The molecule has 0 amide bonds. The highest BCUT2D eigenvalue weighted by Crippen LogP contribution is 2.34. The van der Waals surface area contributed by atoms with Gasteiger partial charge < -0.3 is 15.6 Å². The summed E-state index contributed by atoms with van der Waals surface area (Å²) in [5.74, 6) is 0.210. The van der Waals surface area contributed by atoms with E-state index in [1.807, 2.05) is 13.8 Å². The van der Waals surface area contributed by atoms with Crippen molar-refractivity contribution in [3.63, 3.8) is 0 Å². The van der Waals surface area contributed by atoms with E-state index >= 15 is 0 Å². The summed E-state index contributed by atoms with van der Waals surface area (Å²) < 4.78 is 55.9. The second-order valence-corrected chi connectivity index (χ2v) is 4.87. The highest BCUT2D eigenvalue weighted by molar-refractivity contribution is 5.76. The SMILES string of the molecule is CC.C\C=C/C(=C\C=C\CF)c1nc(C(O)C(F)(F)F)ccc1OCCN. The Morgan fingerprint density at radius 1 is 1.33 bits per heavy atom. The van der Waals surface area contributed by atoms with Crippen LogP contribution in [0.5, 0.6) is 5.75 Å². The molecule has 0 bridgehead atoms. The number of halogens is 4. The van der Waals surface area contributed by atoms with Gasteiger partial charge in [-0.05, 0) is 19.1 Å². The van der Waals surface area contributed by atoms with Gasteiger partial charge in [0.1, 0.15) is 24.7 Å². The molecule has 0 aromatic carbocycles. The smallest absolute Gasteiger partial charge is 0.420 e. The number of aromatic nitrogens is 1. The van der Waals surface area contributed by atoms with E-state index in [4.69, 9.17) is 10.5 Å². The minimum atomic E-state index is -4.84. The zero-order valence-corrected chi connectivity index (χ0v) is 15.6. The molecule has 3 N–H and O–H groups in total. The minimum absolute atomic E-state index is 0.0934. The van der Waals surface area contributed by atoms with Crippen LogP contribution in [-0.2, 0) is 0 Å². The Bertz CT molecular complexity index is 641. The van der Waals surface area contributed by atoms with Crippen LogP contribution in [0.15, 0.2) is 42.5 Å². The van der Waals surface area contributed by atoms with Crippen molar-refractivity contribution in [2.75, 3.05) is 19.8 Å². The highest BCUT2D eigenvalue weighted by Gasteiger charge is 2.40. The Morgan fingerprint density at radius 2 is 2.00 bits per heavy atom. The van der Waals surface area contributed by atoms with Gasteiger partial charge >= 0.3 is 6.18 Å². The van der Waals surface area contributed by atoms with Crippen LogP contribution in [-0.4, -0.2) is 36.1 Å². The van der Waals surface area contributed by atoms with Crippen molar-refractivity contribution >= 4 is 5.57 Å². The first-order valence-electron chi connectivity index (χ1n) is 8.49. The lowest BCUT2D eigenvalue weighted by molar-refractivity contribution is -0.208. The first kappa shape index (κ1) is 24.8. The molecule has 0 aliphatic carbocycles. The largest absolute Gasteiger partial charge is 0.490 e. The average Bonchev–Trinajstić information content (AvgIpc) is 2.66. The third-order valence-corrected chi connectivity index (χ3v) is 2.97. The van der Waals surface area contributed by atoms with Gasteiger partial charge in [-0.3, -0.25) is 0 Å². The van der Waals surface area contributed by atoms with Gasteiger partial charge in [-0.25, -0.2) is 9.37 Å². The van der Waals surface area contributed by atoms with E-state index in [0.717, 1.165) is 6.07 Å². The highest BCUT2D eigenvalue weighted by atomic mass is 19.4. The lowest BCUT2D eigenvalue weighted by atomic mass is 10.1. The molecule has 1 aromatic heterocycles. The topological polar surface area (TPSA) is 68.4 Å². The summed E-state index contributed by atoms with van der Waals surface area (Å²) in [5.41, 5.74) is 5.31. The Kier molecular flexibility index (Phi) is 12.0. The number of hydrogen-bond donors (Lipinski definition) is 2. The van der Waals surface area contributed by atoms with Gasteiger partial charge in [0, 0.05) is 12.1 Å². The molecule has 152 valence electrons. The maximum absolute atomic E-state index is 12.7. The normalized spacial score (nSPS) is 13.6. The number of aliphatic hydroxyl groups is 1. The minimum Gasteiger partial charge on any atom is -0.490 e. The van der Waals surface area contributed by atoms with Crippen LogP contribution in [0.25, 0.3) is 5.57 Å². The first-order valence-corrected chi connectivity index (χ1v) is 8.49. The molecule has 0 saturated carbocycles. The number of nitrogens with two attached hydrogens (primary N) is 1. The molecule has 0 saturated heterocycles. The number of nitrogens with zero attached hydrogens (tertiary/aromatic N) is 1. The van der Waals surface area contributed by atoms with Crippen molar-refractivity contribution in [3.05, 3.63) is 53.9 Å². The first-order chi connectivity index (χ1) is 12.8. The van der Waals surface area contributed by atoms with Gasteiger partial charge in [0.15, 0.2) is 6.10 Å². The predicted molar refractivity (Wildman–Crippen MR) is 99.1 cm³/mol. The maximum atomic E-state index is 12.7. The lowest BCUT2D eigenvalue weighted by Gasteiger charge is -2.17. The van der Waals surface area contributed by atoms with Crippen molar-refractivity contribution in [2.24, 2.45) is 5.73 Å². The van der Waals surface area contributed by atoms with Crippen LogP contribution < -0.4 is 10.5 Å². The Hall–Kier alpha value is -2.19. The quantitative estimate of drug-likeness (QED) is 0.506. The zero-order valence-electron chi connectivity index (χ0n) is 15.6. The molecule has 8 heteroatoms. The number of ether oxygens (including phenoxy) is 1. The second-order valence-electron chi connectivity index (χ2n) is 4.87. The third kappa shape index (κ3) is 8.36. The van der Waals surface area contributed by atoms with Crippen LogP contribution in [0.1, 0.15) is 38.3 Å². The van der Waals surface area contributed by atoms with E-state index in [1.54, 1.807) is 19.1 Å². The molecule has 1 rings (SSSR count). The van der Waals surface area contributed by atoms with E-state index < -0.39 is 24.6 Å². The summed E-state index contributed by atoms with van der Waals surface area (Å²) in [6.07, 6.45) is -0.193. The summed E-state index contributed by atoms with van der Waals surface area (Å²) >= 11 is 0. The van der Waals surface area contributed by atoms with E-state index in [2.05, 4.69) is 4.98 Å². The Morgan fingerprint density at radius 3 is 2.52 bits per heavy atom. The van der Waals surface area contributed by atoms with Crippen LogP contribution in [0.3, 0.4) is 0 Å². The Balaban J connectivity index is 0.00000326. The van der Waals surface area contributed by atoms with E-state index in [9.17, 15) is 22.7 Å². The maximum Gasteiger partial charge on any atom is 0.420 e. The molecule has 1 atom stereocenters. The third-order valence-electron chi connectivity index (χ3n) is 2.97. The molecule has 0 aliphatic heterocycles. The standard InChI is InChI=1S/C17H20F4N2O2.C2H6/c1-2-5-12(6-3-4-9-18)15-14(25-11-10-22)8-7-13(23-15)16(24)17(19,20)21;1-2/h2-8,16,24H,9-11,22H2,1H3;1-2H3/b4-3+,5-2-,12-6+;. The van der Waals surface area contributed by atoms with Crippen molar-refractivity contribution in [1.29, 1.82) is 0 Å². The molecule has 1 unspecified atom stereocenters. The molecule has 0 aliphatic rings. The molecule has 1 aromatic rings. The van der Waals surface area contributed by atoms with Gasteiger partial charge in [0.2, 0.25) is 0 Å². The van der Waals surface area contributed by atoms with Gasteiger partial charge in [-0.15, -0.1) is 0 Å². The van der Waals surface area contributed by atoms with Crippen molar-refractivity contribution < 1.29 is 27.4 Å². The molecule has 0 radical (unpaired) electrons. The van der Waals surface area contributed by atoms with Crippen LogP contribution in [0, 0.1) is 0 Å². The second kappa shape index (κ2) is 13.1. The number of alkyl halides is 4. The van der Waals surface area contributed by atoms with Gasteiger partial charge in [0.05, 0.1) is 5.69 Å².